The fourth-order valence-corrected chi connectivity index (χ4v) is 2.76. The molecule has 0 heterocycles. The van der Waals surface area contributed by atoms with Gasteiger partial charge in [-0.25, -0.2) is 0 Å². The Bertz CT molecular complexity index is 894. The Kier molecular flexibility index (Phi) is 6.06. The van der Waals surface area contributed by atoms with Gasteiger partial charge in [-0.1, -0.05) is 38.1 Å². The highest BCUT2D eigenvalue weighted by molar-refractivity contribution is 5.63. The molecule has 3 rings (SSSR count). The van der Waals surface area contributed by atoms with Crippen LogP contribution in [-0.2, 0) is 6.61 Å². The maximum Gasteiger partial charge on any atom is 0.385 e. The number of nitrogens with zero attached hydrogens (tertiary/aromatic N) is 2. The molecule has 0 aromatic heterocycles. The molecule has 0 aliphatic heterocycles. The lowest BCUT2D eigenvalue weighted by Crippen LogP contribution is -1.97. The molecule has 0 spiro atoms. The van der Waals surface area contributed by atoms with Crippen molar-refractivity contribution >= 4 is 17.1 Å². The molecule has 0 aliphatic rings. The molecule has 0 bridgehead atoms. The Labute approximate surface area is 160 Å². The van der Waals surface area contributed by atoms with Crippen molar-refractivity contribution in [3.63, 3.8) is 0 Å². The summed E-state index contributed by atoms with van der Waals surface area (Å²) in [6.45, 7) is 5.01. The molecule has 136 valence electrons. The third-order valence-corrected chi connectivity index (χ3v) is 4.69. The van der Waals surface area contributed by atoms with Crippen molar-refractivity contribution in [3.8, 4) is 5.75 Å². The first-order valence-corrected chi connectivity index (χ1v) is 9.22. The minimum absolute atomic E-state index is 0.529. The Morgan fingerprint density at radius 3 is 2.04 bits per heavy atom. The molecular weight excluding hydrogens is 334 g/mol. The normalized spacial score (nSPS) is 11.4. The predicted octanol–water partition coefficient (Wildman–Crippen LogP) is 7.01. The van der Waals surface area contributed by atoms with Crippen LogP contribution in [-0.4, -0.2) is 0 Å². The lowest BCUT2D eigenvalue weighted by atomic mass is 9.98. The highest BCUT2D eigenvalue weighted by Crippen LogP contribution is 2.23. The maximum atomic E-state index is 8.72. The van der Waals surface area contributed by atoms with E-state index in [4.69, 9.17) is 10.1 Å². The van der Waals surface area contributed by atoms with E-state index in [-0.39, 0.29) is 0 Å². The molecule has 1 N–H and O–H groups in total. The van der Waals surface area contributed by atoms with E-state index in [0.29, 0.717) is 18.2 Å². The van der Waals surface area contributed by atoms with Crippen molar-refractivity contribution < 1.29 is 4.74 Å². The van der Waals surface area contributed by atoms with E-state index >= 15 is 0 Å². The van der Waals surface area contributed by atoms with Crippen LogP contribution in [0.3, 0.4) is 0 Å². The second-order valence-electron chi connectivity index (χ2n) is 6.64. The maximum absolute atomic E-state index is 8.72. The largest absolute Gasteiger partial charge is 0.489 e. The molecule has 1 unspecified atom stereocenters. The molecule has 4 nitrogen and oxygen atoms in total. The van der Waals surface area contributed by atoms with Crippen LogP contribution in [0.2, 0.25) is 0 Å². The summed E-state index contributed by atoms with van der Waals surface area (Å²) in [4.78, 5) is 3.15. The van der Waals surface area contributed by atoms with Crippen molar-refractivity contribution in [2.24, 2.45) is 0 Å². The summed E-state index contributed by atoms with van der Waals surface area (Å²) < 4.78 is 5.89. The highest BCUT2D eigenvalue weighted by atomic mass is 16.5. The summed E-state index contributed by atoms with van der Waals surface area (Å²) in [7, 11) is 0. The standard InChI is InChI=1S/C23H24N3O/c1-3-17(2)19-6-4-18(5-7-19)16-27-23-14-12-21(13-15-23)25-20-8-10-22(26-24)11-9-20/h4-15,17,25H,3,16H2,1-2H3/q+1. The summed E-state index contributed by atoms with van der Waals surface area (Å²) in [5, 5.41) is 12.0. The van der Waals surface area contributed by atoms with Gasteiger partial charge >= 0.3 is 5.69 Å². The van der Waals surface area contributed by atoms with Crippen LogP contribution in [0.25, 0.3) is 4.98 Å². The van der Waals surface area contributed by atoms with Crippen LogP contribution in [0.15, 0.2) is 72.8 Å². The van der Waals surface area contributed by atoms with Gasteiger partial charge in [0.1, 0.15) is 12.4 Å². The zero-order valence-electron chi connectivity index (χ0n) is 15.7. The molecule has 0 aliphatic carbocycles. The first kappa shape index (κ1) is 18.5. The number of diazo groups is 1. The van der Waals surface area contributed by atoms with E-state index in [1.807, 2.05) is 36.4 Å². The van der Waals surface area contributed by atoms with Gasteiger partial charge in [0.15, 0.2) is 4.98 Å². The lowest BCUT2D eigenvalue weighted by molar-refractivity contribution is 0.306. The van der Waals surface area contributed by atoms with Crippen LogP contribution in [0, 0.1) is 5.39 Å². The number of benzene rings is 3. The van der Waals surface area contributed by atoms with Crippen molar-refractivity contribution in [2.75, 3.05) is 5.32 Å². The SMILES string of the molecule is CCC(C)c1ccc(COc2ccc(Nc3ccc([N+]#N)cc3)cc2)cc1. The summed E-state index contributed by atoms with van der Waals surface area (Å²) in [5.74, 6) is 1.43. The van der Waals surface area contributed by atoms with Crippen molar-refractivity contribution in [3.05, 3.63) is 88.9 Å². The first-order chi connectivity index (χ1) is 13.2. The van der Waals surface area contributed by atoms with Gasteiger partial charge in [0.25, 0.3) is 0 Å². The molecule has 3 aromatic carbocycles. The van der Waals surface area contributed by atoms with Crippen LogP contribution < -0.4 is 10.1 Å². The molecule has 0 saturated carbocycles. The molecule has 0 radical (unpaired) electrons. The number of rotatable bonds is 7. The van der Waals surface area contributed by atoms with Gasteiger partial charge in [-0.3, -0.25) is 0 Å². The Balaban J connectivity index is 1.55. The summed E-state index contributed by atoms with van der Waals surface area (Å²) in [6, 6.07) is 23.7. The average molecular weight is 358 g/mol. The van der Waals surface area contributed by atoms with Gasteiger partial charge < -0.3 is 10.1 Å². The monoisotopic (exact) mass is 358 g/mol. The van der Waals surface area contributed by atoms with Gasteiger partial charge in [0.2, 0.25) is 5.39 Å². The van der Waals surface area contributed by atoms with Crippen molar-refractivity contribution in [2.45, 2.75) is 32.8 Å². The van der Waals surface area contributed by atoms with Crippen LogP contribution in [0.5, 0.6) is 5.75 Å². The number of hydrogen-bond acceptors (Lipinski definition) is 3. The average Bonchev–Trinajstić information content (AvgIpc) is 2.73. The lowest BCUT2D eigenvalue weighted by Gasteiger charge is -2.11. The second-order valence-corrected chi connectivity index (χ2v) is 6.64. The third kappa shape index (κ3) is 5.08. The summed E-state index contributed by atoms with van der Waals surface area (Å²) >= 11 is 0. The van der Waals surface area contributed by atoms with E-state index in [0.717, 1.165) is 23.5 Å². The third-order valence-electron chi connectivity index (χ3n) is 4.69. The minimum Gasteiger partial charge on any atom is -0.489 e. The zero-order valence-corrected chi connectivity index (χ0v) is 15.7. The highest BCUT2D eigenvalue weighted by Gasteiger charge is 2.04. The van der Waals surface area contributed by atoms with Crippen molar-refractivity contribution in [1.29, 1.82) is 5.39 Å². The first-order valence-electron chi connectivity index (χ1n) is 9.22. The predicted molar refractivity (Wildman–Crippen MR) is 110 cm³/mol. The molecule has 27 heavy (non-hydrogen) atoms. The van der Waals surface area contributed by atoms with E-state index in [1.165, 1.54) is 11.1 Å². The molecular formula is C23H24N3O+. The van der Waals surface area contributed by atoms with E-state index < -0.39 is 0 Å². The van der Waals surface area contributed by atoms with Crippen LogP contribution in [0.1, 0.15) is 37.3 Å². The number of nitrogens with one attached hydrogen (secondary N) is 1. The molecule has 0 saturated heterocycles. The number of hydrogen-bond donors (Lipinski definition) is 1. The number of anilines is 2. The quantitative estimate of drug-likeness (QED) is 0.462. The fraction of sp³-hybridized carbons (Fsp3) is 0.217. The van der Waals surface area contributed by atoms with Crippen LogP contribution in [0.4, 0.5) is 17.1 Å². The summed E-state index contributed by atoms with van der Waals surface area (Å²) in [5.41, 5.74) is 4.96. The molecule has 4 heteroatoms. The molecule has 1 atom stereocenters. The smallest absolute Gasteiger partial charge is 0.385 e. The minimum atomic E-state index is 0.529. The Morgan fingerprint density at radius 1 is 0.889 bits per heavy atom. The molecule has 3 aromatic rings. The second kappa shape index (κ2) is 8.86. The topological polar surface area (TPSA) is 49.4 Å². The van der Waals surface area contributed by atoms with Gasteiger partial charge in [0.05, 0.1) is 0 Å². The van der Waals surface area contributed by atoms with E-state index in [1.54, 1.807) is 12.1 Å². The molecule has 0 fully saturated rings. The zero-order chi connectivity index (χ0) is 19.1. The number of ether oxygens (including phenoxy) is 1. The van der Waals surface area contributed by atoms with Crippen molar-refractivity contribution in [1.82, 2.24) is 0 Å². The van der Waals surface area contributed by atoms with Gasteiger partial charge in [-0.05, 0) is 59.9 Å². The Morgan fingerprint density at radius 2 is 1.48 bits per heavy atom. The van der Waals surface area contributed by atoms with Gasteiger partial charge in [0, 0.05) is 23.5 Å². The summed E-state index contributed by atoms with van der Waals surface area (Å²) in [6.07, 6.45) is 1.15. The van der Waals surface area contributed by atoms with Crippen LogP contribution >= 0.6 is 0 Å². The van der Waals surface area contributed by atoms with Gasteiger partial charge in [-0.2, -0.15) is 0 Å². The van der Waals surface area contributed by atoms with E-state index in [2.05, 4.69) is 48.4 Å². The van der Waals surface area contributed by atoms with Gasteiger partial charge in [-0.15, -0.1) is 0 Å². The van der Waals surface area contributed by atoms with E-state index in [9.17, 15) is 0 Å². The molecule has 0 amide bonds. The Hall–Kier alpha value is -3.32. The fourth-order valence-electron chi connectivity index (χ4n) is 2.76.